The first-order valence-corrected chi connectivity index (χ1v) is 19.8. The van der Waals surface area contributed by atoms with Gasteiger partial charge in [-0.3, -0.25) is 0 Å². The number of furan rings is 1. The highest BCUT2D eigenvalue weighted by atomic mass is 32.1. The van der Waals surface area contributed by atoms with Gasteiger partial charge in [0.05, 0.1) is 11.0 Å². The number of fused-ring (bicyclic) bond motifs is 9. The highest BCUT2D eigenvalue weighted by Gasteiger charge is 2.17. The van der Waals surface area contributed by atoms with Gasteiger partial charge in [0.2, 0.25) is 0 Å². The molecule has 266 valence electrons. The monoisotopic (exact) mass is 746 g/mol. The predicted octanol–water partition coefficient (Wildman–Crippen LogP) is 13.9. The van der Waals surface area contributed by atoms with Crippen molar-refractivity contribution in [2.45, 2.75) is 0 Å². The number of hydrogen-bond donors (Lipinski definition) is 0. The lowest BCUT2D eigenvalue weighted by atomic mass is 10.00. The molecule has 0 N–H and O–H groups in total. The average molecular weight is 747 g/mol. The summed E-state index contributed by atoms with van der Waals surface area (Å²) in [7, 11) is 0. The summed E-state index contributed by atoms with van der Waals surface area (Å²) in [6.07, 6.45) is 0. The van der Waals surface area contributed by atoms with Crippen molar-refractivity contribution in [2.75, 3.05) is 0 Å². The third-order valence-corrected chi connectivity index (χ3v) is 12.2. The number of thiophene rings is 1. The first kappa shape index (κ1) is 31.9. The van der Waals surface area contributed by atoms with Crippen LogP contribution in [0.1, 0.15) is 0 Å². The van der Waals surface area contributed by atoms with Crippen molar-refractivity contribution < 1.29 is 4.42 Å². The van der Waals surface area contributed by atoms with Crippen LogP contribution in [-0.2, 0) is 0 Å². The fraction of sp³-hybridized carbons (Fsp3) is 0. The minimum atomic E-state index is 0.617. The van der Waals surface area contributed by atoms with E-state index in [1.165, 1.54) is 53.2 Å². The highest BCUT2D eigenvalue weighted by Crippen LogP contribution is 2.41. The molecule has 0 radical (unpaired) electrons. The van der Waals surface area contributed by atoms with E-state index in [1.54, 1.807) is 0 Å². The lowest BCUT2D eigenvalue weighted by Gasteiger charge is -2.08. The van der Waals surface area contributed by atoms with Gasteiger partial charge in [0.15, 0.2) is 17.5 Å². The maximum atomic E-state index is 6.38. The molecule has 4 aromatic heterocycles. The van der Waals surface area contributed by atoms with Crippen molar-refractivity contribution >= 4 is 75.3 Å². The number of nitrogens with zero attached hydrogens (tertiary/aromatic N) is 4. The highest BCUT2D eigenvalue weighted by molar-refractivity contribution is 7.25. The largest absolute Gasteiger partial charge is 0.456 e. The smallest absolute Gasteiger partial charge is 0.164 e. The van der Waals surface area contributed by atoms with E-state index in [0.717, 1.165) is 44.2 Å². The van der Waals surface area contributed by atoms with Crippen molar-refractivity contribution in [3.8, 4) is 51.0 Å². The maximum Gasteiger partial charge on any atom is 0.164 e. The molecule has 0 aliphatic rings. The fourth-order valence-corrected chi connectivity index (χ4v) is 9.44. The maximum absolute atomic E-state index is 6.38. The van der Waals surface area contributed by atoms with Crippen LogP contribution < -0.4 is 0 Å². The van der Waals surface area contributed by atoms with Gasteiger partial charge in [-0.25, -0.2) is 15.0 Å². The lowest BCUT2D eigenvalue weighted by Crippen LogP contribution is -2.00. The summed E-state index contributed by atoms with van der Waals surface area (Å²) < 4.78 is 11.3. The Labute approximate surface area is 330 Å². The predicted molar refractivity (Wildman–Crippen MR) is 236 cm³/mol. The molecule has 12 aromatic rings. The van der Waals surface area contributed by atoms with E-state index in [-0.39, 0.29) is 0 Å². The van der Waals surface area contributed by atoms with E-state index in [9.17, 15) is 0 Å². The van der Waals surface area contributed by atoms with Gasteiger partial charge in [0, 0.05) is 64.1 Å². The molecule has 5 nitrogen and oxygen atoms in total. The molecular weight excluding hydrogens is 717 g/mol. The molecule has 57 heavy (non-hydrogen) atoms. The summed E-state index contributed by atoms with van der Waals surface area (Å²) in [5.74, 6) is 1.89. The fourth-order valence-electron chi connectivity index (χ4n) is 8.32. The Hall–Kier alpha value is -7.41. The van der Waals surface area contributed by atoms with Crippen molar-refractivity contribution in [3.63, 3.8) is 0 Å². The lowest BCUT2D eigenvalue weighted by molar-refractivity contribution is 0.669. The summed E-state index contributed by atoms with van der Waals surface area (Å²) in [5.41, 5.74) is 10.4. The SMILES string of the molecule is c1ccc(-c2nc(-c3ccccc3)nc(-c3ccc4oc5ccc(-c6ccc7sc8cc(-n9c%10ccccc%10c%10ccccc%109)ccc8c7c6)cc5c4c3)n2)cc1. The number of aromatic nitrogens is 4. The van der Waals surface area contributed by atoms with Gasteiger partial charge in [-0.2, -0.15) is 0 Å². The summed E-state index contributed by atoms with van der Waals surface area (Å²) in [6.45, 7) is 0. The molecule has 0 saturated carbocycles. The molecule has 0 fully saturated rings. The third kappa shape index (κ3) is 5.19. The summed E-state index contributed by atoms with van der Waals surface area (Å²) >= 11 is 1.85. The first-order valence-electron chi connectivity index (χ1n) is 19.0. The molecule has 0 bridgehead atoms. The normalized spacial score (nSPS) is 11.9. The molecule has 6 heteroatoms. The number of hydrogen-bond acceptors (Lipinski definition) is 5. The van der Waals surface area contributed by atoms with E-state index in [2.05, 4.69) is 114 Å². The Kier molecular flexibility index (Phi) is 7.03. The van der Waals surface area contributed by atoms with Gasteiger partial charge >= 0.3 is 0 Å². The van der Waals surface area contributed by atoms with Crippen LogP contribution in [0.2, 0.25) is 0 Å². The zero-order chi connectivity index (χ0) is 37.5. The second-order valence-corrected chi connectivity index (χ2v) is 15.5. The topological polar surface area (TPSA) is 56.7 Å². The third-order valence-electron chi connectivity index (χ3n) is 11.1. The van der Waals surface area contributed by atoms with Crippen molar-refractivity contribution in [1.29, 1.82) is 0 Å². The second-order valence-electron chi connectivity index (χ2n) is 14.4. The standard InChI is InChI=1S/C51H30N4OS/c1-3-11-31(12-4-1)49-52-50(32-13-5-2-6-14-32)54-51(53-49)35-20-25-46-41(29-35)40-27-33(19-24-45(40)56-46)34-21-26-47-42(28-34)39-23-22-36(30-48(39)57-47)55-43-17-9-7-15-37(43)38-16-8-10-18-44(38)55/h1-30H. The first-order chi connectivity index (χ1) is 28.2. The Morgan fingerprint density at radius 1 is 0.351 bits per heavy atom. The second kappa shape index (κ2) is 12.6. The summed E-state index contributed by atoms with van der Waals surface area (Å²) in [4.78, 5) is 14.8. The van der Waals surface area contributed by atoms with Gasteiger partial charge < -0.3 is 8.98 Å². The number of para-hydroxylation sites is 2. The number of benzene rings is 8. The summed E-state index contributed by atoms with van der Waals surface area (Å²) in [6, 6.07) is 63.9. The Balaban J connectivity index is 0.952. The van der Waals surface area contributed by atoms with Gasteiger partial charge in [-0.1, -0.05) is 115 Å². The molecule has 0 aliphatic carbocycles. The Bertz CT molecular complexity index is 3420. The van der Waals surface area contributed by atoms with E-state index in [4.69, 9.17) is 19.4 Å². The molecule has 0 saturated heterocycles. The molecular formula is C51H30N4OS. The number of rotatable bonds is 5. The minimum Gasteiger partial charge on any atom is -0.456 e. The van der Waals surface area contributed by atoms with Gasteiger partial charge in [-0.05, 0) is 77.9 Å². The van der Waals surface area contributed by atoms with Crippen molar-refractivity contribution in [3.05, 3.63) is 182 Å². The molecule has 12 rings (SSSR count). The van der Waals surface area contributed by atoms with Crippen LogP contribution in [0, 0.1) is 0 Å². The van der Waals surface area contributed by atoms with Gasteiger partial charge in [0.1, 0.15) is 11.2 Å². The van der Waals surface area contributed by atoms with E-state index >= 15 is 0 Å². The average Bonchev–Trinajstić information content (AvgIpc) is 3.95. The zero-order valence-electron chi connectivity index (χ0n) is 30.4. The van der Waals surface area contributed by atoms with Gasteiger partial charge in [0.25, 0.3) is 0 Å². The van der Waals surface area contributed by atoms with Crippen LogP contribution in [0.25, 0.3) is 115 Å². The van der Waals surface area contributed by atoms with Gasteiger partial charge in [-0.15, -0.1) is 11.3 Å². The molecule has 0 amide bonds. The van der Waals surface area contributed by atoms with E-state index in [1.807, 2.05) is 84.1 Å². The van der Waals surface area contributed by atoms with Crippen LogP contribution >= 0.6 is 11.3 Å². The van der Waals surface area contributed by atoms with Crippen LogP contribution in [0.15, 0.2) is 186 Å². The van der Waals surface area contributed by atoms with Crippen LogP contribution in [0.5, 0.6) is 0 Å². The van der Waals surface area contributed by atoms with Crippen molar-refractivity contribution in [1.82, 2.24) is 19.5 Å². The molecule has 0 atom stereocenters. The van der Waals surface area contributed by atoms with E-state index < -0.39 is 0 Å². The summed E-state index contributed by atoms with van der Waals surface area (Å²) in [5, 5.41) is 7.14. The quantitative estimate of drug-likeness (QED) is 0.176. The molecule has 0 unspecified atom stereocenters. The minimum absolute atomic E-state index is 0.617. The van der Waals surface area contributed by atoms with Crippen molar-refractivity contribution in [2.24, 2.45) is 0 Å². The zero-order valence-corrected chi connectivity index (χ0v) is 31.2. The van der Waals surface area contributed by atoms with Crippen LogP contribution in [0.4, 0.5) is 0 Å². The van der Waals surface area contributed by atoms with Crippen LogP contribution in [-0.4, -0.2) is 19.5 Å². The molecule has 4 heterocycles. The molecule has 0 aliphatic heterocycles. The molecule has 0 spiro atoms. The molecule has 8 aromatic carbocycles. The Morgan fingerprint density at radius 2 is 0.860 bits per heavy atom. The van der Waals surface area contributed by atoms with Crippen LogP contribution in [0.3, 0.4) is 0 Å². The van der Waals surface area contributed by atoms with E-state index in [0.29, 0.717) is 17.5 Å². The Morgan fingerprint density at radius 3 is 1.49 bits per heavy atom.